The third-order valence-corrected chi connectivity index (χ3v) is 3.53. The lowest BCUT2D eigenvalue weighted by Crippen LogP contribution is -2.47. The summed E-state index contributed by atoms with van der Waals surface area (Å²) in [5.74, 6) is -3.98. The number of anilines is 1. The Kier molecular flexibility index (Phi) is 5.80. The summed E-state index contributed by atoms with van der Waals surface area (Å²) in [5, 5.41) is 4.99. The van der Waals surface area contributed by atoms with Crippen LogP contribution in [0.4, 0.5) is 18.9 Å². The number of nitrogens with one attached hydrogen (secondary N) is 2. The molecule has 0 fully saturated rings. The molecule has 0 aliphatic carbocycles. The molecular weight excluding hydrogens is 333 g/mol. The van der Waals surface area contributed by atoms with Crippen LogP contribution in [0.1, 0.15) is 24.2 Å². The summed E-state index contributed by atoms with van der Waals surface area (Å²) < 4.78 is 39.1. The summed E-state index contributed by atoms with van der Waals surface area (Å²) in [4.78, 5) is 24.6. The van der Waals surface area contributed by atoms with E-state index >= 15 is 0 Å². The topological polar surface area (TPSA) is 58.2 Å². The smallest absolute Gasteiger partial charge is 0.251 e. The first-order chi connectivity index (χ1) is 11.8. The quantitative estimate of drug-likeness (QED) is 0.867. The molecular formula is C18H17F3N2O2. The standard InChI is InChI=1S/C18H17F3N2O2/c1-10(2)16(23-17(24)11-3-5-12(19)6-4-11)18(25)22-13-7-8-14(20)15(21)9-13/h3-10,16H,1-2H3,(H,22,25)(H,23,24)/t16-/m0/s1. The molecule has 0 saturated carbocycles. The summed E-state index contributed by atoms with van der Waals surface area (Å²) in [6.45, 7) is 3.45. The summed E-state index contributed by atoms with van der Waals surface area (Å²) >= 11 is 0. The average molecular weight is 350 g/mol. The molecule has 7 heteroatoms. The number of benzene rings is 2. The zero-order valence-corrected chi connectivity index (χ0v) is 13.6. The van der Waals surface area contributed by atoms with E-state index in [1.165, 1.54) is 18.2 Å². The second-order valence-corrected chi connectivity index (χ2v) is 5.82. The van der Waals surface area contributed by atoms with Gasteiger partial charge in [0.15, 0.2) is 11.6 Å². The van der Waals surface area contributed by atoms with Gasteiger partial charge in [-0.1, -0.05) is 13.8 Å². The fourth-order valence-electron chi connectivity index (χ4n) is 2.15. The Balaban J connectivity index is 2.11. The SMILES string of the molecule is CC(C)[C@H](NC(=O)c1ccc(F)cc1)C(=O)Nc1ccc(F)c(F)c1. The first kappa shape index (κ1) is 18.5. The largest absolute Gasteiger partial charge is 0.340 e. The van der Waals surface area contributed by atoms with Crippen LogP contribution in [0.15, 0.2) is 42.5 Å². The van der Waals surface area contributed by atoms with Crippen LogP contribution < -0.4 is 10.6 Å². The second-order valence-electron chi connectivity index (χ2n) is 5.82. The Hall–Kier alpha value is -2.83. The lowest BCUT2D eigenvalue weighted by atomic mass is 10.0. The lowest BCUT2D eigenvalue weighted by Gasteiger charge is -2.22. The Morgan fingerprint density at radius 2 is 1.56 bits per heavy atom. The van der Waals surface area contributed by atoms with E-state index in [1.807, 2.05) is 0 Å². The van der Waals surface area contributed by atoms with Crippen molar-refractivity contribution in [1.29, 1.82) is 0 Å². The van der Waals surface area contributed by atoms with E-state index in [0.29, 0.717) is 0 Å². The maximum absolute atomic E-state index is 13.2. The zero-order valence-electron chi connectivity index (χ0n) is 13.6. The Morgan fingerprint density at radius 1 is 0.920 bits per heavy atom. The van der Waals surface area contributed by atoms with Gasteiger partial charge in [0.25, 0.3) is 5.91 Å². The minimum Gasteiger partial charge on any atom is -0.340 e. The van der Waals surface area contributed by atoms with Gasteiger partial charge in [0.1, 0.15) is 11.9 Å². The number of hydrogen-bond donors (Lipinski definition) is 2. The molecule has 0 heterocycles. The summed E-state index contributed by atoms with van der Waals surface area (Å²) in [6.07, 6.45) is 0. The van der Waals surface area contributed by atoms with Gasteiger partial charge in [-0.2, -0.15) is 0 Å². The van der Waals surface area contributed by atoms with Gasteiger partial charge >= 0.3 is 0 Å². The molecule has 0 aliphatic heterocycles. The van der Waals surface area contributed by atoms with Crippen molar-refractivity contribution in [3.05, 3.63) is 65.5 Å². The van der Waals surface area contributed by atoms with Crippen LogP contribution in [-0.2, 0) is 4.79 Å². The average Bonchev–Trinajstić information content (AvgIpc) is 2.56. The fraction of sp³-hybridized carbons (Fsp3) is 0.222. The highest BCUT2D eigenvalue weighted by Crippen LogP contribution is 2.15. The zero-order chi connectivity index (χ0) is 18.6. The maximum atomic E-state index is 13.2. The normalized spacial score (nSPS) is 11.9. The van der Waals surface area contributed by atoms with E-state index in [-0.39, 0.29) is 17.2 Å². The van der Waals surface area contributed by atoms with Crippen molar-refractivity contribution in [2.45, 2.75) is 19.9 Å². The second kappa shape index (κ2) is 7.83. The summed E-state index contributed by atoms with van der Waals surface area (Å²) in [6, 6.07) is 6.94. The predicted molar refractivity (Wildman–Crippen MR) is 87.5 cm³/mol. The van der Waals surface area contributed by atoms with Gasteiger partial charge in [-0.3, -0.25) is 9.59 Å². The van der Waals surface area contributed by atoms with E-state index in [1.54, 1.807) is 13.8 Å². The van der Waals surface area contributed by atoms with Gasteiger partial charge in [-0.05, 0) is 42.3 Å². The molecule has 0 spiro atoms. The molecule has 0 bridgehead atoms. The van der Waals surface area contributed by atoms with Gasteiger partial charge < -0.3 is 10.6 Å². The molecule has 2 N–H and O–H groups in total. The first-order valence-electron chi connectivity index (χ1n) is 7.60. The third-order valence-electron chi connectivity index (χ3n) is 3.53. The van der Waals surface area contributed by atoms with Gasteiger partial charge in [0, 0.05) is 17.3 Å². The summed E-state index contributed by atoms with van der Waals surface area (Å²) in [5.41, 5.74) is 0.276. The fourth-order valence-corrected chi connectivity index (χ4v) is 2.15. The van der Waals surface area contributed by atoms with Crippen molar-refractivity contribution in [3.8, 4) is 0 Å². The van der Waals surface area contributed by atoms with Crippen LogP contribution in [-0.4, -0.2) is 17.9 Å². The van der Waals surface area contributed by atoms with Crippen LogP contribution >= 0.6 is 0 Å². The molecule has 4 nitrogen and oxygen atoms in total. The molecule has 2 amide bonds. The monoisotopic (exact) mass is 350 g/mol. The number of hydrogen-bond acceptors (Lipinski definition) is 2. The van der Waals surface area contributed by atoms with Crippen molar-refractivity contribution >= 4 is 17.5 Å². The molecule has 0 aliphatic rings. The first-order valence-corrected chi connectivity index (χ1v) is 7.60. The molecule has 1 atom stereocenters. The van der Waals surface area contributed by atoms with Gasteiger partial charge in [-0.25, -0.2) is 13.2 Å². The highest BCUT2D eigenvalue weighted by Gasteiger charge is 2.25. The van der Waals surface area contributed by atoms with E-state index in [2.05, 4.69) is 10.6 Å². The van der Waals surface area contributed by atoms with Crippen LogP contribution in [0.3, 0.4) is 0 Å². The third kappa shape index (κ3) is 4.82. The van der Waals surface area contributed by atoms with E-state index in [0.717, 1.165) is 24.3 Å². The van der Waals surface area contributed by atoms with E-state index < -0.39 is 35.3 Å². The maximum Gasteiger partial charge on any atom is 0.251 e. The minimum atomic E-state index is -1.09. The van der Waals surface area contributed by atoms with Crippen LogP contribution in [0.2, 0.25) is 0 Å². The van der Waals surface area contributed by atoms with Crippen LogP contribution in [0.25, 0.3) is 0 Å². The van der Waals surface area contributed by atoms with Crippen molar-refractivity contribution in [3.63, 3.8) is 0 Å². The predicted octanol–water partition coefficient (Wildman–Crippen LogP) is 3.50. The van der Waals surface area contributed by atoms with Crippen molar-refractivity contribution in [2.75, 3.05) is 5.32 Å². The molecule has 132 valence electrons. The Bertz CT molecular complexity index is 776. The Morgan fingerprint density at radius 3 is 2.12 bits per heavy atom. The highest BCUT2D eigenvalue weighted by molar-refractivity contribution is 6.01. The number of carbonyl (C=O) groups is 2. The molecule has 0 unspecified atom stereocenters. The van der Waals surface area contributed by atoms with Crippen molar-refractivity contribution < 1.29 is 22.8 Å². The number of amides is 2. The number of carbonyl (C=O) groups excluding carboxylic acids is 2. The van der Waals surface area contributed by atoms with Crippen LogP contribution in [0, 0.1) is 23.4 Å². The van der Waals surface area contributed by atoms with Crippen molar-refractivity contribution in [1.82, 2.24) is 5.32 Å². The van der Waals surface area contributed by atoms with Crippen LogP contribution in [0.5, 0.6) is 0 Å². The molecule has 2 aromatic rings. The molecule has 2 rings (SSSR count). The lowest BCUT2D eigenvalue weighted by molar-refractivity contribution is -0.118. The molecule has 0 saturated heterocycles. The summed E-state index contributed by atoms with van der Waals surface area (Å²) in [7, 11) is 0. The Labute approximate surface area is 143 Å². The van der Waals surface area contributed by atoms with Gasteiger partial charge in [-0.15, -0.1) is 0 Å². The molecule has 0 aromatic heterocycles. The molecule has 0 radical (unpaired) electrons. The number of halogens is 3. The minimum absolute atomic E-state index is 0.0746. The van der Waals surface area contributed by atoms with E-state index in [4.69, 9.17) is 0 Å². The highest BCUT2D eigenvalue weighted by atomic mass is 19.2. The molecule has 25 heavy (non-hydrogen) atoms. The molecule has 2 aromatic carbocycles. The van der Waals surface area contributed by atoms with Crippen molar-refractivity contribution in [2.24, 2.45) is 5.92 Å². The van der Waals surface area contributed by atoms with E-state index in [9.17, 15) is 22.8 Å². The van der Waals surface area contributed by atoms with Gasteiger partial charge in [0.2, 0.25) is 5.91 Å². The van der Waals surface area contributed by atoms with Gasteiger partial charge in [0.05, 0.1) is 0 Å². The number of rotatable bonds is 5.